The molecule has 3 aliphatic heterocycles. The molecule has 0 saturated carbocycles. The van der Waals surface area contributed by atoms with E-state index < -0.39 is 36.2 Å². The number of amides is 5. The molecule has 2 saturated heterocycles. The van der Waals surface area contributed by atoms with E-state index in [2.05, 4.69) is 5.32 Å². The molecule has 1 aromatic rings. The van der Waals surface area contributed by atoms with Crippen molar-refractivity contribution in [1.29, 1.82) is 0 Å². The van der Waals surface area contributed by atoms with E-state index in [1.165, 1.54) is 9.80 Å². The molecule has 0 unspecified atom stereocenters. The molecule has 30 heavy (non-hydrogen) atoms. The fraction of sp³-hybridized carbons (Fsp3) is 0.450. The number of carbonyl (C=O) groups is 5. The fourth-order valence-corrected chi connectivity index (χ4v) is 4.40. The number of ether oxygens (including phenoxy) is 1. The summed E-state index contributed by atoms with van der Waals surface area (Å²) in [5.41, 5.74) is -0.983. The standard InChI is InChI=1S/C20H22N4O6/c1-12(2)23-17(27)13-5-3-4-6-14(13)24-15(25)7-8-20(23,24)18(28)30-11-16(26)22-10-9-21-19(22)29/h3-6,12H,7-11H2,1-2H3,(H,21,29)/t20-/m1/s1. The summed E-state index contributed by atoms with van der Waals surface area (Å²) in [6.07, 6.45) is 0.115. The first-order valence-electron chi connectivity index (χ1n) is 9.80. The molecule has 1 aromatic carbocycles. The summed E-state index contributed by atoms with van der Waals surface area (Å²) < 4.78 is 5.30. The van der Waals surface area contributed by atoms with Gasteiger partial charge in [0.15, 0.2) is 6.61 Å². The van der Waals surface area contributed by atoms with E-state index in [0.29, 0.717) is 17.8 Å². The van der Waals surface area contributed by atoms with Gasteiger partial charge in [-0.1, -0.05) is 12.1 Å². The van der Waals surface area contributed by atoms with Gasteiger partial charge in [0.05, 0.1) is 11.3 Å². The van der Waals surface area contributed by atoms with Gasteiger partial charge < -0.3 is 15.0 Å². The van der Waals surface area contributed by atoms with Crippen LogP contribution in [0, 0.1) is 0 Å². The number of hydrogen-bond acceptors (Lipinski definition) is 6. The van der Waals surface area contributed by atoms with Crippen molar-refractivity contribution in [3.05, 3.63) is 29.8 Å². The van der Waals surface area contributed by atoms with Crippen LogP contribution in [0.15, 0.2) is 24.3 Å². The van der Waals surface area contributed by atoms with Gasteiger partial charge in [-0.2, -0.15) is 0 Å². The Bertz CT molecular complexity index is 960. The lowest BCUT2D eigenvalue weighted by Crippen LogP contribution is -2.70. The van der Waals surface area contributed by atoms with E-state index in [9.17, 15) is 24.0 Å². The quantitative estimate of drug-likeness (QED) is 0.716. The van der Waals surface area contributed by atoms with Crippen LogP contribution in [0.5, 0.6) is 0 Å². The molecule has 1 atom stereocenters. The predicted octanol–water partition coefficient (Wildman–Crippen LogP) is 0.469. The number of anilines is 1. The molecule has 0 bridgehead atoms. The highest BCUT2D eigenvalue weighted by atomic mass is 16.5. The number of nitrogens with one attached hydrogen (secondary N) is 1. The summed E-state index contributed by atoms with van der Waals surface area (Å²) in [7, 11) is 0. The first kappa shape index (κ1) is 19.9. The van der Waals surface area contributed by atoms with E-state index in [-0.39, 0.29) is 31.2 Å². The molecule has 0 aliphatic carbocycles. The molecule has 4 rings (SSSR count). The third-order valence-electron chi connectivity index (χ3n) is 5.63. The van der Waals surface area contributed by atoms with E-state index in [1.54, 1.807) is 38.1 Å². The normalized spacial score (nSPS) is 22.9. The number of carbonyl (C=O) groups excluding carboxylic acids is 5. The first-order chi connectivity index (χ1) is 14.3. The Morgan fingerprint density at radius 3 is 2.60 bits per heavy atom. The van der Waals surface area contributed by atoms with Crippen molar-refractivity contribution >= 4 is 35.4 Å². The maximum Gasteiger partial charge on any atom is 0.354 e. The predicted molar refractivity (Wildman–Crippen MR) is 103 cm³/mol. The molecular formula is C20H22N4O6. The monoisotopic (exact) mass is 414 g/mol. The van der Waals surface area contributed by atoms with Crippen molar-refractivity contribution < 1.29 is 28.7 Å². The summed E-state index contributed by atoms with van der Waals surface area (Å²) in [5.74, 6) is -2.21. The maximum atomic E-state index is 13.3. The highest BCUT2D eigenvalue weighted by Crippen LogP contribution is 2.45. The minimum atomic E-state index is -1.66. The molecule has 10 nitrogen and oxygen atoms in total. The van der Waals surface area contributed by atoms with Gasteiger partial charge in [0.25, 0.3) is 11.8 Å². The Morgan fingerprint density at radius 1 is 1.20 bits per heavy atom. The van der Waals surface area contributed by atoms with Gasteiger partial charge in [0, 0.05) is 32.0 Å². The number of urea groups is 1. The molecule has 5 amide bonds. The van der Waals surface area contributed by atoms with Crippen LogP contribution in [0.1, 0.15) is 37.0 Å². The average Bonchev–Trinajstić information content (AvgIpc) is 3.30. The number of para-hydroxylation sites is 1. The lowest BCUT2D eigenvalue weighted by Gasteiger charge is -2.50. The molecule has 2 fully saturated rings. The maximum absolute atomic E-state index is 13.3. The van der Waals surface area contributed by atoms with Crippen LogP contribution in [0.2, 0.25) is 0 Å². The zero-order valence-corrected chi connectivity index (χ0v) is 16.7. The number of benzene rings is 1. The van der Waals surface area contributed by atoms with Gasteiger partial charge in [-0.15, -0.1) is 0 Å². The van der Waals surface area contributed by atoms with Crippen LogP contribution in [-0.4, -0.2) is 70.9 Å². The second kappa shape index (κ2) is 7.12. The molecule has 10 heteroatoms. The molecule has 0 radical (unpaired) electrons. The SMILES string of the molecule is CC(C)N1C(=O)c2ccccc2N2C(=O)CC[C@]21C(=O)OCC(=O)N1CCNC1=O. The van der Waals surface area contributed by atoms with Crippen LogP contribution in [0.25, 0.3) is 0 Å². The van der Waals surface area contributed by atoms with Crippen molar-refractivity contribution in [2.24, 2.45) is 0 Å². The molecule has 1 N–H and O–H groups in total. The summed E-state index contributed by atoms with van der Waals surface area (Å²) in [6, 6.07) is 5.67. The number of hydrogen-bond donors (Lipinski definition) is 1. The van der Waals surface area contributed by atoms with Gasteiger partial charge in [0.1, 0.15) is 0 Å². The zero-order chi connectivity index (χ0) is 21.6. The number of fused-ring (bicyclic) bond motifs is 3. The largest absolute Gasteiger partial charge is 0.452 e. The molecule has 158 valence electrons. The van der Waals surface area contributed by atoms with Gasteiger partial charge in [-0.3, -0.25) is 24.2 Å². The summed E-state index contributed by atoms with van der Waals surface area (Å²) in [5, 5.41) is 2.50. The third-order valence-corrected chi connectivity index (χ3v) is 5.63. The minimum Gasteiger partial charge on any atom is -0.452 e. The van der Waals surface area contributed by atoms with Crippen LogP contribution >= 0.6 is 0 Å². The average molecular weight is 414 g/mol. The van der Waals surface area contributed by atoms with Crippen molar-refractivity contribution in [3.63, 3.8) is 0 Å². The highest BCUT2D eigenvalue weighted by Gasteiger charge is 2.62. The van der Waals surface area contributed by atoms with E-state index in [0.717, 1.165) is 4.90 Å². The van der Waals surface area contributed by atoms with Gasteiger partial charge in [0.2, 0.25) is 11.6 Å². The first-order valence-corrected chi connectivity index (χ1v) is 9.80. The second-order valence-electron chi connectivity index (χ2n) is 7.69. The van der Waals surface area contributed by atoms with Gasteiger partial charge in [-0.05, 0) is 26.0 Å². The van der Waals surface area contributed by atoms with Gasteiger partial charge in [-0.25, -0.2) is 9.59 Å². The topological polar surface area (TPSA) is 116 Å². The van der Waals surface area contributed by atoms with Crippen LogP contribution in [-0.2, 0) is 19.1 Å². The Balaban J connectivity index is 1.69. The molecule has 0 spiro atoms. The van der Waals surface area contributed by atoms with Gasteiger partial charge >= 0.3 is 12.0 Å². The summed E-state index contributed by atoms with van der Waals surface area (Å²) in [4.78, 5) is 67.0. The number of rotatable bonds is 4. The van der Waals surface area contributed by atoms with E-state index >= 15 is 0 Å². The van der Waals surface area contributed by atoms with Crippen molar-refractivity contribution in [3.8, 4) is 0 Å². The molecular weight excluding hydrogens is 392 g/mol. The van der Waals surface area contributed by atoms with Crippen molar-refractivity contribution in [2.75, 3.05) is 24.6 Å². The van der Waals surface area contributed by atoms with Crippen LogP contribution in [0.3, 0.4) is 0 Å². The van der Waals surface area contributed by atoms with Crippen molar-refractivity contribution in [2.45, 2.75) is 38.4 Å². The van der Waals surface area contributed by atoms with E-state index in [1.807, 2.05) is 0 Å². The number of nitrogens with zero attached hydrogens (tertiary/aromatic N) is 3. The number of imide groups is 1. The van der Waals surface area contributed by atoms with Crippen molar-refractivity contribution in [1.82, 2.24) is 15.1 Å². The van der Waals surface area contributed by atoms with E-state index in [4.69, 9.17) is 4.74 Å². The molecule has 0 aromatic heterocycles. The third kappa shape index (κ3) is 2.74. The number of esters is 1. The Hall–Kier alpha value is -3.43. The second-order valence-corrected chi connectivity index (χ2v) is 7.69. The zero-order valence-electron chi connectivity index (χ0n) is 16.7. The fourth-order valence-electron chi connectivity index (χ4n) is 4.40. The Morgan fingerprint density at radius 2 is 1.93 bits per heavy atom. The Labute approximate surface area is 172 Å². The lowest BCUT2D eigenvalue weighted by atomic mass is 9.95. The summed E-state index contributed by atoms with van der Waals surface area (Å²) in [6.45, 7) is 3.37. The highest BCUT2D eigenvalue weighted by molar-refractivity contribution is 6.15. The van der Waals surface area contributed by atoms with Crippen LogP contribution in [0.4, 0.5) is 10.5 Å². The summed E-state index contributed by atoms with van der Waals surface area (Å²) >= 11 is 0. The lowest BCUT2D eigenvalue weighted by molar-refractivity contribution is -0.162. The minimum absolute atomic E-state index is 0.0569. The Kier molecular flexibility index (Phi) is 4.71. The molecule has 3 aliphatic rings. The smallest absolute Gasteiger partial charge is 0.354 e. The van der Waals surface area contributed by atoms with Crippen LogP contribution < -0.4 is 10.2 Å². The molecule has 3 heterocycles.